The second kappa shape index (κ2) is 4.75. The molecule has 2 nitrogen and oxygen atoms in total. The zero-order valence-electron chi connectivity index (χ0n) is 11.2. The quantitative estimate of drug-likeness (QED) is 0.801. The topological polar surface area (TPSA) is 29.1 Å². The van der Waals surface area contributed by atoms with Crippen molar-refractivity contribution < 1.29 is 4.79 Å². The molecule has 1 aliphatic rings. The average Bonchev–Trinajstić information content (AvgIpc) is 2.34. The summed E-state index contributed by atoms with van der Waals surface area (Å²) in [4.78, 5) is 12.8. The van der Waals surface area contributed by atoms with Gasteiger partial charge in [0.05, 0.1) is 0 Å². The second-order valence-electron chi connectivity index (χ2n) is 5.70. The lowest BCUT2D eigenvalue weighted by molar-refractivity contribution is -0.129. The van der Waals surface area contributed by atoms with Gasteiger partial charge in [0.2, 0.25) is 0 Å². The van der Waals surface area contributed by atoms with Crippen LogP contribution in [0.5, 0.6) is 0 Å². The third-order valence-corrected chi connectivity index (χ3v) is 4.45. The normalized spacial score (nSPS) is 27.1. The predicted molar refractivity (Wildman–Crippen MR) is 80.8 cm³/mol. The van der Waals surface area contributed by atoms with Crippen LogP contribution in [0.15, 0.2) is 24.3 Å². The molecule has 2 rings (SSSR count). The summed E-state index contributed by atoms with van der Waals surface area (Å²) < 4.78 is 0. The molecule has 1 atom stereocenters. The molecule has 1 N–H and O–H groups in total. The van der Waals surface area contributed by atoms with Gasteiger partial charge < -0.3 is 5.32 Å². The molecule has 1 aliphatic carbocycles. The van der Waals surface area contributed by atoms with Gasteiger partial charge in [0.25, 0.3) is 0 Å². The number of nitrogens with one attached hydrogen (secondary N) is 1. The van der Waals surface area contributed by atoms with Crippen LogP contribution >= 0.6 is 11.6 Å². The van der Waals surface area contributed by atoms with Crippen LogP contribution in [0.3, 0.4) is 0 Å². The van der Waals surface area contributed by atoms with E-state index in [1.165, 1.54) is 0 Å². The molecule has 0 bridgehead atoms. The smallest absolute Gasteiger partial charge is 0.148 e. The summed E-state index contributed by atoms with van der Waals surface area (Å²) in [5.41, 5.74) is 0.284. The number of ketones is 1. The molecule has 0 radical (unpaired) electrons. The summed E-state index contributed by atoms with van der Waals surface area (Å²) in [5, 5.41) is 3.62. The Hall–Kier alpha value is -0.730. The molecule has 94 valence electrons. The van der Waals surface area contributed by atoms with Gasteiger partial charge in [0.1, 0.15) is 27.0 Å². The van der Waals surface area contributed by atoms with Gasteiger partial charge in [-0.1, -0.05) is 42.6 Å². The summed E-state index contributed by atoms with van der Waals surface area (Å²) in [5.74, 6) is 0.247. The summed E-state index contributed by atoms with van der Waals surface area (Å²) in [6.45, 7) is 0. The Balaban J connectivity index is 2.55. The molecule has 0 aliphatic heterocycles. The first-order chi connectivity index (χ1) is 8.44. The van der Waals surface area contributed by atoms with Gasteiger partial charge in [-0.15, -0.1) is 0 Å². The first-order valence-electron chi connectivity index (χ1n) is 6.43. The van der Waals surface area contributed by atoms with Crippen LogP contribution in [0.1, 0.15) is 24.8 Å². The monoisotopic (exact) mass is 261 g/mol. The lowest BCUT2D eigenvalue weighted by Crippen LogP contribution is -2.55. The number of benzene rings is 1. The van der Waals surface area contributed by atoms with E-state index < -0.39 is 5.54 Å². The van der Waals surface area contributed by atoms with E-state index in [4.69, 9.17) is 11.6 Å². The summed E-state index contributed by atoms with van der Waals surface area (Å²) in [6.07, 6.45) is 2.79. The number of hydrogen-bond donors (Lipinski definition) is 1. The zero-order chi connectivity index (χ0) is 13.4. The number of Topliss-reactive ketones (excluding diaryl/α,β-unsaturated/α-hetero) is 1. The minimum absolute atomic E-state index is 0.247. The third-order valence-electron chi connectivity index (χ3n) is 4.12. The van der Waals surface area contributed by atoms with Crippen LogP contribution in [0, 0.1) is 0 Å². The summed E-state index contributed by atoms with van der Waals surface area (Å²) >= 11 is 6.29. The maximum Gasteiger partial charge on any atom is 0.148 e. The van der Waals surface area contributed by atoms with E-state index in [-0.39, 0.29) is 11.0 Å². The lowest BCUT2D eigenvalue weighted by Gasteiger charge is -2.44. The highest BCUT2D eigenvalue weighted by Gasteiger charge is 2.49. The van der Waals surface area contributed by atoms with Crippen LogP contribution in [0.4, 0.5) is 0 Å². The molecule has 1 fully saturated rings. The van der Waals surface area contributed by atoms with Gasteiger partial charge in [-0.3, -0.25) is 4.79 Å². The van der Waals surface area contributed by atoms with Crippen molar-refractivity contribution in [3.05, 3.63) is 34.9 Å². The molecule has 1 unspecified atom stereocenters. The highest BCUT2D eigenvalue weighted by atomic mass is 35.5. The molecule has 18 heavy (non-hydrogen) atoms. The number of likely N-dealkylation sites (N-methyl/N-ethyl adjacent to an activating group) is 1. The third kappa shape index (κ3) is 2.02. The standard InChI is InChI=1S/C13H18B2ClNO/c1-17-12(9-5-2-3-6-10(9)16)7-4-8-13(14,15)11(12)18/h2-3,5-6,17H,4,7-8,14-15H2,1H3. The number of rotatable bonds is 2. The van der Waals surface area contributed by atoms with Crippen molar-refractivity contribution in [1.82, 2.24) is 5.32 Å². The molecular formula is C13H18B2ClNO. The van der Waals surface area contributed by atoms with E-state index in [1.807, 2.05) is 47.0 Å². The summed E-state index contributed by atoms with van der Waals surface area (Å²) in [6, 6.07) is 7.64. The van der Waals surface area contributed by atoms with Crippen molar-refractivity contribution in [2.24, 2.45) is 0 Å². The minimum Gasteiger partial charge on any atom is -0.304 e. The molecule has 0 saturated heterocycles. The van der Waals surface area contributed by atoms with Crippen molar-refractivity contribution in [2.45, 2.75) is 30.0 Å². The van der Waals surface area contributed by atoms with E-state index in [0.717, 1.165) is 24.8 Å². The fourth-order valence-electron chi connectivity index (χ4n) is 3.04. The number of carbonyl (C=O) groups excluding carboxylic acids is 1. The maximum atomic E-state index is 12.8. The van der Waals surface area contributed by atoms with Crippen molar-refractivity contribution >= 4 is 33.1 Å². The molecule has 0 heterocycles. The molecule has 5 heteroatoms. The van der Waals surface area contributed by atoms with E-state index in [9.17, 15) is 4.79 Å². The Labute approximate surface area is 115 Å². The van der Waals surface area contributed by atoms with Crippen LogP contribution in [-0.2, 0) is 10.3 Å². The van der Waals surface area contributed by atoms with Gasteiger partial charge >= 0.3 is 0 Å². The number of halogens is 1. The fraction of sp³-hybridized carbons (Fsp3) is 0.462. The fourth-order valence-corrected chi connectivity index (χ4v) is 3.33. The van der Waals surface area contributed by atoms with E-state index in [0.29, 0.717) is 5.02 Å². The first-order valence-corrected chi connectivity index (χ1v) is 6.81. The van der Waals surface area contributed by atoms with Crippen LogP contribution in [0.2, 0.25) is 10.2 Å². The molecule has 1 saturated carbocycles. The SMILES string of the molecule is BC1(B)CCCC(NC)(c2ccccc2Cl)C1=O. The van der Waals surface area contributed by atoms with Crippen molar-refractivity contribution in [3.8, 4) is 0 Å². The molecule has 0 aromatic heterocycles. The van der Waals surface area contributed by atoms with Crippen molar-refractivity contribution in [3.63, 3.8) is 0 Å². The van der Waals surface area contributed by atoms with E-state index in [2.05, 4.69) is 5.32 Å². The van der Waals surface area contributed by atoms with Gasteiger partial charge in [0, 0.05) is 5.02 Å². The predicted octanol–water partition coefficient (Wildman–Crippen LogP) is 0.890. The van der Waals surface area contributed by atoms with E-state index >= 15 is 0 Å². The van der Waals surface area contributed by atoms with Crippen LogP contribution in [0.25, 0.3) is 0 Å². The molecule has 0 spiro atoms. The zero-order valence-corrected chi connectivity index (χ0v) is 12.0. The molecule has 1 aromatic rings. The Kier molecular flexibility index (Phi) is 3.61. The van der Waals surface area contributed by atoms with Gasteiger partial charge in [0.15, 0.2) is 0 Å². The Bertz CT molecular complexity index is 478. The van der Waals surface area contributed by atoms with Gasteiger partial charge in [-0.2, -0.15) is 0 Å². The number of hydrogen-bond acceptors (Lipinski definition) is 2. The Morgan fingerprint density at radius 1 is 1.28 bits per heavy atom. The van der Waals surface area contributed by atoms with Crippen LogP contribution < -0.4 is 5.32 Å². The van der Waals surface area contributed by atoms with Gasteiger partial charge in [-0.05, 0) is 30.3 Å². The highest BCUT2D eigenvalue weighted by molar-refractivity contribution is 6.52. The minimum atomic E-state index is -0.625. The first kappa shape index (κ1) is 13.7. The molecule has 0 amide bonds. The highest BCUT2D eigenvalue weighted by Crippen LogP contribution is 2.45. The second-order valence-corrected chi connectivity index (χ2v) is 6.11. The largest absolute Gasteiger partial charge is 0.304 e. The number of carbonyl (C=O) groups is 1. The lowest BCUT2D eigenvalue weighted by atomic mass is 9.44. The van der Waals surface area contributed by atoms with E-state index in [1.54, 1.807) is 0 Å². The van der Waals surface area contributed by atoms with Crippen molar-refractivity contribution in [2.75, 3.05) is 7.05 Å². The Morgan fingerprint density at radius 3 is 2.56 bits per heavy atom. The van der Waals surface area contributed by atoms with Crippen molar-refractivity contribution in [1.29, 1.82) is 0 Å². The Morgan fingerprint density at radius 2 is 1.94 bits per heavy atom. The van der Waals surface area contributed by atoms with Crippen LogP contribution in [-0.4, -0.2) is 28.5 Å². The molecule has 1 aromatic carbocycles. The van der Waals surface area contributed by atoms with Gasteiger partial charge in [-0.25, -0.2) is 0 Å². The summed E-state index contributed by atoms with van der Waals surface area (Å²) in [7, 11) is 5.90. The average molecular weight is 261 g/mol. The molecular weight excluding hydrogens is 243 g/mol. The maximum absolute atomic E-state index is 12.8.